The van der Waals surface area contributed by atoms with E-state index < -0.39 is 6.16 Å². The van der Waals surface area contributed by atoms with Crippen molar-refractivity contribution in [3.05, 3.63) is 28.2 Å². The van der Waals surface area contributed by atoms with Gasteiger partial charge in [0.05, 0.1) is 17.2 Å². The van der Waals surface area contributed by atoms with Crippen LogP contribution in [0.25, 0.3) is 0 Å². The predicted molar refractivity (Wildman–Crippen MR) is 48.3 cm³/mol. The minimum Gasteiger partial charge on any atom is -0.437 e. The van der Waals surface area contributed by atoms with Gasteiger partial charge in [0, 0.05) is 6.07 Å². The largest absolute Gasteiger partial charge is 0.513 e. The molecule has 5 heteroatoms. The lowest BCUT2D eigenvalue weighted by atomic mass is 10.3. The average Bonchev–Trinajstić information content (AvgIpc) is 2.09. The lowest BCUT2D eigenvalue weighted by molar-refractivity contribution is 0.121. The molecule has 13 heavy (non-hydrogen) atoms. The summed E-state index contributed by atoms with van der Waals surface area (Å²) in [6, 6.07) is 5.40. The van der Waals surface area contributed by atoms with Gasteiger partial charge < -0.3 is 9.47 Å². The number of benzene rings is 1. The second kappa shape index (κ2) is 4.35. The molecule has 0 fully saturated rings. The van der Waals surface area contributed by atoms with Crippen LogP contribution in [0.3, 0.4) is 0 Å². The molecule has 0 unspecified atom stereocenters. The quantitative estimate of drug-likeness (QED) is 0.539. The van der Waals surface area contributed by atoms with Gasteiger partial charge in [0.2, 0.25) is 0 Å². The molecule has 0 atom stereocenters. The van der Waals surface area contributed by atoms with Crippen molar-refractivity contribution in [2.45, 2.75) is 0 Å². The summed E-state index contributed by atoms with van der Waals surface area (Å²) in [4.78, 5) is 10.7. The molecule has 0 spiro atoms. The first-order valence-electron chi connectivity index (χ1n) is 3.26. The van der Waals surface area contributed by atoms with Crippen LogP contribution in [0.4, 0.5) is 4.79 Å². The Morgan fingerprint density at radius 1 is 1.54 bits per heavy atom. The van der Waals surface area contributed by atoms with Crippen molar-refractivity contribution in [3.63, 3.8) is 0 Å². The predicted octanol–water partition coefficient (Wildman–Crippen LogP) is 2.94. The number of carbonyl (C=O) groups is 1. The fourth-order valence-corrected chi connectivity index (χ4v) is 1.06. The number of halogens is 2. The minimum absolute atomic E-state index is 0.165. The van der Waals surface area contributed by atoms with Crippen LogP contribution < -0.4 is 4.74 Å². The monoisotopic (exact) mass is 219 g/mol. The second-order valence-corrected chi connectivity index (χ2v) is 2.86. The van der Waals surface area contributed by atoms with E-state index in [0.717, 1.165) is 0 Å². The molecule has 1 aromatic carbocycles. The molecule has 0 aliphatic rings. The van der Waals surface area contributed by atoms with Gasteiger partial charge >= 0.3 is 6.16 Å². The first-order valence-corrected chi connectivity index (χ1v) is 4.01. The second-order valence-electron chi connectivity index (χ2n) is 2.05. The van der Waals surface area contributed by atoms with Gasteiger partial charge in [-0.1, -0.05) is 23.2 Å². The normalized spacial score (nSPS) is 9.46. The molecule has 0 N–H and O–H groups in total. The third-order valence-electron chi connectivity index (χ3n) is 1.19. The van der Waals surface area contributed by atoms with E-state index in [0.29, 0.717) is 5.02 Å². The number of hydrogen-bond donors (Lipinski definition) is 0. The Morgan fingerprint density at radius 2 is 2.23 bits per heavy atom. The summed E-state index contributed by atoms with van der Waals surface area (Å²) in [5.74, 6) is 0.165. The molecule has 0 heterocycles. The van der Waals surface area contributed by atoms with Crippen LogP contribution in [0.1, 0.15) is 0 Å². The molecular weight excluding hydrogens is 215 g/mol. The summed E-state index contributed by atoms with van der Waals surface area (Å²) in [5, 5.41) is 0.580. The number of methoxy groups -OCH3 is 1. The molecule has 0 aromatic heterocycles. The van der Waals surface area contributed by atoms with Crippen molar-refractivity contribution in [1.82, 2.24) is 0 Å². The minimum atomic E-state index is -0.836. The zero-order chi connectivity index (χ0) is 9.84. The highest BCUT2D eigenvalue weighted by atomic mass is 35.5. The highest BCUT2D eigenvalue weighted by Crippen LogP contribution is 2.27. The Hall–Kier alpha value is -0.930. The van der Waals surface area contributed by atoms with E-state index in [9.17, 15) is 4.79 Å². The van der Waals surface area contributed by atoms with Gasteiger partial charge in [0.1, 0.15) is 0 Å². The van der Waals surface area contributed by atoms with Gasteiger partial charge in [-0.3, -0.25) is 0 Å². The van der Waals surface area contributed by atoms with Crippen molar-refractivity contribution in [1.29, 1.82) is 0 Å². The molecule has 0 aliphatic heterocycles. The summed E-state index contributed by atoms with van der Waals surface area (Å²) >= 11 is 11.3. The SMILES string of the molecule is COC(=O)Oc1c[c]c(Cl)cc1Cl. The third-order valence-corrected chi connectivity index (χ3v) is 1.70. The van der Waals surface area contributed by atoms with Crippen molar-refractivity contribution in [2.75, 3.05) is 7.11 Å². The molecular formula is C8H5Cl2O3. The summed E-state index contributed by atoms with van der Waals surface area (Å²) in [6.07, 6.45) is -0.836. The van der Waals surface area contributed by atoms with Crippen molar-refractivity contribution in [3.8, 4) is 5.75 Å². The number of rotatable bonds is 1. The molecule has 69 valence electrons. The number of ether oxygens (including phenoxy) is 2. The molecule has 0 saturated heterocycles. The third kappa shape index (κ3) is 2.79. The average molecular weight is 220 g/mol. The van der Waals surface area contributed by atoms with E-state index in [2.05, 4.69) is 15.5 Å². The zero-order valence-electron chi connectivity index (χ0n) is 6.64. The summed E-state index contributed by atoms with van der Waals surface area (Å²) in [7, 11) is 1.20. The smallest absolute Gasteiger partial charge is 0.437 e. The first-order chi connectivity index (χ1) is 6.13. The van der Waals surface area contributed by atoms with Crippen molar-refractivity contribution >= 4 is 29.4 Å². The lowest BCUT2D eigenvalue weighted by Gasteiger charge is -2.03. The van der Waals surface area contributed by atoms with Crippen LogP contribution in [0.15, 0.2) is 12.1 Å². The van der Waals surface area contributed by atoms with Crippen molar-refractivity contribution < 1.29 is 14.3 Å². The molecule has 1 radical (unpaired) electrons. The Balaban J connectivity index is 2.83. The molecule has 0 aliphatic carbocycles. The molecule has 1 rings (SSSR count). The van der Waals surface area contributed by atoms with Gasteiger partial charge in [-0.05, 0) is 12.1 Å². The molecule has 0 amide bonds. The fraction of sp³-hybridized carbons (Fsp3) is 0.125. The Bertz CT molecular complexity index is 325. The maximum atomic E-state index is 10.7. The van der Waals surface area contributed by atoms with Gasteiger partial charge in [0.25, 0.3) is 0 Å². The standard InChI is InChI=1S/C8H5Cl2O3/c1-12-8(11)13-7-3-2-5(9)4-6(7)10/h3-4H,1H3. The van der Waals surface area contributed by atoms with Crippen LogP contribution >= 0.6 is 23.2 Å². The molecule has 0 saturated carbocycles. The topological polar surface area (TPSA) is 35.5 Å². The Labute approximate surface area is 85.2 Å². The highest BCUT2D eigenvalue weighted by Gasteiger charge is 2.07. The van der Waals surface area contributed by atoms with E-state index >= 15 is 0 Å². The van der Waals surface area contributed by atoms with Gasteiger partial charge in [-0.15, -0.1) is 0 Å². The van der Waals surface area contributed by atoms with E-state index in [1.54, 1.807) is 0 Å². The molecule has 0 bridgehead atoms. The van der Waals surface area contributed by atoms with Crippen LogP contribution in [0.5, 0.6) is 5.75 Å². The summed E-state index contributed by atoms with van der Waals surface area (Å²) in [5.41, 5.74) is 0. The van der Waals surface area contributed by atoms with Crippen LogP contribution in [0, 0.1) is 6.07 Å². The number of carbonyl (C=O) groups excluding carboxylic acids is 1. The fourth-order valence-electron chi connectivity index (χ4n) is 0.637. The number of hydrogen-bond acceptors (Lipinski definition) is 3. The molecule has 1 aromatic rings. The van der Waals surface area contributed by atoms with Gasteiger partial charge in [0.15, 0.2) is 5.75 Å². The summed E-state index contributed by atoms with van der Waals surface area (Å²) < 4.78 is 8.94. The summed E-state index contributed by atoms with van der Waals surface area (Å²) in [6.45, 7) is 0. The lowest BCUT2D eigenvalue weighted by Crippen LogP contribution is -2.07. The van der Waals surface area contributed by atoms with E-state index in [4.69, 9.17) is 23.2 Å². The highest BCUT2D eigenvalue weighted by molar-refractivity contribution is 6.35. The van der Waals surface area contributed by atoms with Gasteiger partial charge in [-0.2, -0.15) is 0 Å². The van der Waals surface area contributed by atoms with Crippen LogP contribution in [-0.4, -0.2) is 13.3 Å². The Morgan fingerprint density at radius 3 is 2.77 bits per heavy atom. The first kappa shape index (κ1) is 10.2. The Kier molecular flexibility index (Phi) is 3.39. The molecule has 3 nitrogen and oxygen atoms in total. The maximum Gasteiger partial charge on any atom is 0.513 e. The van der Waals surface area contributed by atoms with E-state index in [1.807, 2.05) is 0 Å². The zero-order valence-corrected chi connectivity index (χ0v) is 8.15. The van der Waals surface area contributed by atoms with Crippen LogP contribution in [-0.2, 0) is 4.74 Å². The van der Waals surface area contributed by atoms with Gasteiger partial charge in [-0.25, -0.2) is 4.79 Å². The van der Waals surface area contributed by atoms with E-state index in [-0.39, 0.29) is 10.8 Å². The van der Waals surface area contributed by atoms with Crippen LogP contribution in [0.2, 0.25) is 10.0 Å². The van der Waals surface area contributed by atoms with E-state index in [1.165, 1.54) is 19.2 Å². The van der Waals surface area contributed by atoms with Crippen molar-refractivity contribution in [2.24, 2.45) is 0 Å². The maximum absolute atomic E-state index is 10.7.